The van der Waals surface area contributed by atoms with E-state index in [0.717, 1.165) is 13.2 Å². The van der Waals surface area contributed by atoms with Gasteiger partial charge in [-0.25, -0.2) is 4.40 Å². The van der Waals surface area contributed by atoms with Crippen molar-refractivity contribution in [2.24, 2.45) is 10.3 Å². The van der Waals surface area contributed by atoms with Crippen molar-refractivity contribution in [1.29, 1.82) is 0 Å². The van der Waals surface area contributed by atoms with Crippen molar-refractivity contribution in [2.75, 3.05) is 13.2 Å². The van der Waals surface area contributed by atoms with E-state index in [1.165, 1.54) is 0 Å². The quantitative estimate of drug-likeness (QED) is 0.393. The molecule has 0 aromatic rings. The molecule has 0 amide bonds. The summed E-state index contributed by atoms with van der Waals surface area (Å²) in [5, 5.41) is 0. The van der Waals surface area contributed by atoms with Gasteiger partial charge in [0.25, 0.3) is 0 Å². The Morgan fingerprint density at radius 2 is 2.43 bits per heavy atom. The summed E-state index contributed by atoms with van der Waals surface area (Å²) in [5.41, 5.74) is 0. The first-order valence-corrected chi connectivity index (χ1v) is 2.59. The summed E-state index contributed by atoms with van der Waals surface area (Å²) >= 11 is 3.66. The van der Waals surface area contributed by atoms with Gasteiger partial charge in [0.2, 0.25) is 0 Å². The molecule has 0 unspecified atom stereocenters. The van der Waals surface area contributed by atoms with E-state index in [2.05, 4.69) is 17.2 Å². The maximum atomic E-state index is 4.86. The zero-order valence-corrected chi connectivity index (χ0v) is 4.77. The van der Waals surface area contributed by atoms with E-state index in [4.69, 9.17) is 4.74 Å². The topological polar surface area (TPSA) is 21.6 Å². The Morgan fingerprint density at radius 3 is 2.57 bits per heavy atom. The molecule has 0 spiro atoms. The maximum Gasteiger partial charge on any atom is 0.0566 e. The van der Waals surface area contributed by atoms with Crippen LogP contribution < -0.4 is 0 Å². The number of thiol groups is 1. The summed E-state index contributed by atoms with van der Waals surface area (Å²) in [7, 11) is 0. The van der Waals surface area contributed by atoms with Crippen molar-refractivity contribution < 1.29 is 4.74 Å². The number of ether oxygens (including phenoxy) is 1. The van der Waals surface area contributed by atoms with Crippen molar-refractivity contribution in [2.45, 2.75) is 0 Å². The van der Waals surface area contributed by atoms with Crippen LogP contribution in [0.3, 0.4) is 0 Å². The van der Waals surface area contributed by atoms with E-state index >= 15 is 0 Å². The van der Waals surface area contributed by atoms with Crippen LogP contribution in [-0.4, -0.2) is 19.4 Å². The Kier molecular flexibility index (Phi) is 1.70. The van der Waals surface area contributed by atoms with Crippen molar-refractivity contribution >= 4 is 19.0 Å². The lowest BCUT2D eigenvalue weighted by Gasteiger charge is -2.20. The van der Waals surface area contributed by atoms with E-state index in [0.29, 0.717) is 5.92 Å². The van der Waals surface area contributed by atoms with Gasteiger partial charge in [0.05, 0.1) is 13.2 Å². The normalized spacial score (nSPS) is 23.0. The van der Waals surface area contributed by atoms with Crippen LogP contribution in [0.25, 0.3) is 0 Å². The first-order chi connectivity index (χ1) is 3.43. The predicted molar refractivity (Wildman–Crippen MR) is 31.8 cm³/mol. The lowest BCUT2D eigenvalue weighted by molar-refractivity contribution is 0.00422. The van der Waals surface area contributed by atoms with Crippen LogP contribution in [0, 0.1) is 5.92 Å². The SMILES string of the molecule is S/N=C/C1COC1. The average Bonchev–Trinajstić information content (AvgIpc) is 1.55. The minimum absolute atomic E-state index is 0.539. The van der Waals surface area contributed by atoms with E-state index < -0.39 is 0 Å². The molecule has 0 radical (unpaired) electrons. The monoisotopic (exact) mass is 117 g/mol. The molecule has 1 heterocycles. The van der Waals surface area contributed by atoms with Crippen LogP contribution in [0.2, 0.25) is 0 Å². The smallest absolute Gasteiger partial charge is 0.0566 e. The first kappa shape index (κ1) is 5.12. The molecule has 0 aromatic carbocycles. The lowest BCUT2D eigenvalue weighted by atomic mass is 10.1. The van der Waals surface area contributed by atoms with Crippen LogP contribution in [-0.2, 0) is 4.74 Å². The van der Waals surface area contributed by atoms with E-state index in [1.54, 1.807) is 6.21 Å². The number of hydrogen-bond acceptors (Lipinski definition) is 3. The Balaban J connectivity index is 2.14. The second-order valence-electron chi connectivity index (χ2n) is 1.56. The minimum atomic E-state index is 0.539. The molecule has 3 heteroatoms. The molecule has 0 N–H and O–H groups in total. The molecular formula is C4H7NOS. The fraction of sp³-hybridized carbons (Fsp3) is 0.750. The molecule has 0 aromatic heterocycles. The van der Waals surface area contributed by atoms with Crippen molar-refractivity contribution in [3.8, 4) is 0 Å². The van der Waals surface area contributed by atoms with Crippen LogP contribution in [0.1, 0.15) is 0 Å². The zero-order chi connectivity index (χ0) is 5.11. The van der Waals surface area contributed by atoms with Crippen molar-refractivity contribution in [1.82, 2.24) is 0 Å². The molecule has 40 valence electrons. The summed E-state index contributed by atoms with van der Waals surface area (Å²) in [5.74, 6) is 0.539. The highest BCUT2D eigenvalue weighted by Gasteiger charge is 2.14. The minimum Gasteiger partial charge on any atom is -0.380 e. The third-order valence-corrected chi connectivity index (χ3v) is 1.07. The number of rotatable bonds is 1. The molecule has 1 rings (SSSR count). The Labute approximate surface area is 48.1 Å². The largest absolute Gasteiger partial charge is 0.380 e. The van der Waals surface area contributed by atoms with Crippen LogP contribution in [0.15, 0.2) is 4.40 Å². The van der Waals surface area contributed by atoms with Gasteiger partial charge in [0, 0.05) is 12.1 Å². The van der Waals surface area contributed by atoms with E-state index in [9.17, 15) is 0 Å². The molecular weight excluding hydrogens is 110 g/mol. The van der Waals surface area contributed by atoms with Gasteiger partial charge in [-0.15, -0.1) is 0 Å². The fourth-order valence-corrected chi connectivity index (χ4v) is 0.623. The highest BCUT2D eigenvalue weighted by atomic mass is 32.1. The Morgan fingerprint density at radius 1 is 1.71 bits per heavy atom. The molecule has 2 nitrogen and oxygen atoms in total. The third kappa shape index (κ3) is 1.17. The summed E-state index contributed by atoms with van der Waals surface area (Å²) in [6, 6.07) is 0. The maximum absolute atomic E-state index is 4.86. The van der Waals surface area contributed by atoms with Gasteiger partial charge in [0.15, 0.2) is 0 Å². The van der Waals surface area contributed by atoms with E-state index in [-0.39, 0.29) is 0 Å². The molecule has 0 saturated carbocycles. The lowest BCUT2D eigenvalue weighted by Crippen LogP contribution is -2.28. The Bertz CT molecular complexity index is 79.8. The van der Waals surface area contributed by atoms with Gasteiger partial charge in [-0.05, 0) is 12.8 Å². The summed E-state index contributed by atoms with van der Waals surface area (Å²) in [6.45, 7) is 1.65. The van der Waals surface area contributed by atoms with Crippen LogP contribution in [0.4, 0.5) is 0 Å². The van der Waals surface area contributed by atoms with Crippen LogP contribution in [0.5, 0.6) is 0 Å². The number of hydrogen-bond donors (Lipinski definition) is 1. The standard InChI is InChI=1S/C4H7NOS/c7-5-1-4-2-6-3-4/h1,4,7H,2-3H2/b5-1+. The first-order valence-electron chi connectivity index (χ1n) is 2.19. The summed E-state index contributed by atoms with van der Waals surface area (Å²) in [6.07, 6.45) is 1.80. The van der Waals surface area contributed by atoms with Gasteiger partial charge < -0.3 is 4.74 Å². The number of nitrogens with zero attached hydrogens (tertiary/aromatic N) is 1. The van der Waals surface area contributed by atoms with Gasteiger partial charge in [-0.2, -0.15) is 0 Å². The molecule has 1 fully saturated rings. The highest BCUT2D eigenvalue weighted by Crippen LogP contribution is 2.05. The second kappa shape index (κ2) is 2.33. The molecule has 1 aliphatic rings. The van der Waals surface area contributed by atoms with Gasteiger partial charge in [0.1, 0.15) is 0 Å². The zero-order valence-electron chi connectivity index (χ0n) is 3.87. The molecule has 0 atom stereocenters. The highest BCUT2D eigenvalue weighted by molar-refractivity contribution is 7.78. The van der Waals surface area contributed by atoms with Crippen molar-refractivity contribution in [3.63, 3.8) is 0 Å². The van der Waals surface area contributed by atoms with E-state index in [1.807, 2.05) is 0 Å². The fourth-order valence-electron chi connectivity index (χ4n) is 0.434. The van der Waals surface area contributed by atoms with Gasteiger partial charge in [-0.3, -0.25) is 0 Å². The molecule has 0 aliphatic carbocycles. The third-order valence-electron chi connectivity index (χ3n) is 0.941. The molecule has 0 bridgehead atoms. The van der Waals surface area contributed by atoms with Crippen LogP contribution >= 0.6 is 12.8 Å². The second-order valence-corrected chi connectivity index (χ2v) is 1.79. The molecule has 1 saturated heterocycles. The van der Waals surface area contributed by atoms with Gasteiger partial charge >= 0.3 is 0 Å². The van der Waals surface area contributed by atoms with Gasteiger partial charge in [-0.1, -0.05) is 0 Å². The predicted octanol–water partition coefficient (Wildman–Crippen LogP) is 0.548. The molecule has 1 aliphatic heterocycles. The van der Waals surface area contributed by atoms with Crippen molar-refractivity contribution in [3.05, 3.63) is 0 Å². The summed E-state index contributed by atoms with van der Waals surface area (Å²) in [4.78, 5) is 0. The average molecular weight is 117 g/mol. The summed E-state index contributed by atoms with van der Waals surface area (Å²) < 4.78 is 8.41. The molecule has 7 heavy (non-hydrogen) atoms. The Hall–Kier alpha value is -0.0200.